The summed E-state index contributed by atoms with van der Waals surface area (Å²) in [7, 11) is 0. The minimum absolute atomic E-state index is 0.0803. The van der Waals surface area contributed by atoms with E-state index in [2.05, 4.69) is 15.8 Å². The Labute approximate surface area is 176 Å². The van der Waals surface area contributed by atoms with E-state index in [4.69, 9.17) is 4.52 Å². The number of nitrogens with zero attached hydrogens (tertiary/aromatic N) is 2. The van der Waals surface area contributed by atoms with E-state index in [9.17, 15) is 14.4 Å². The van der Waals surface area contributed by atoms with Crippen molar-refractivity contribution in [1.82, 2.24) is 20.7 Å². The Hall–Kier alpha value is -3.16. The predicted octanol–water partition coefficient (Wildman–Crippen LogP) is 2.28. The summed E-state index contributed by atoms with van der Waals surface area (Å²) in [6.07, 6.45) is 2.82. The predicted molar refractivity (Wildman–Crippen MR) is 111 cm³/mol. The van der Waals surface area contributed by atoms with Gasteiger partial charge in [0.25, 0.3) is 5.91 Å². The lowest BCUT2D eigenvalue weighted by Gasteiger charge is -2.33. The monoisotopic (exact) mass is 412 g/mol. The average Bonchev–Trinajstić information content (AvgIpc) is 3.09. The van der Waals surface area contributed by atoms with Gasteiger partial charge in [0.2, 0.25) is 11.8 Å². The molecule has 2 heterocycles. The van der Waals surface area contributed by atoms with Gasteiger partial charge in [-0.2, -0.15) is 0 Å². The number of amides is 3. The number of carbonyl (C=O) groups excluding carboxylic acids is 3. The van der Waals surface area contributed by atoms with E-state index >= 15 is 0 Å². The van der Waals surface area contributed by atoms with Gasteiger partial charge < -0.3 is 20.1 Å². The summed E-state index contributed by atoms with van der Waals surface area (Å²) in [5.74, 6) is -0.286. The molecule has 1 fully saturated rings. The molecular weight excluding hydrogens is 384 g/mol. The van der Waals surface area contributed by atoms with E-state index in [1.165, 1.54) is 0 Å². The molecule has 8 heteroatoms. The molecule has 1 atom stereocenters. The van der Waals surface area contributed by atoms with Crippen LogP contribution in [-0.2, 0) is 9.59 Å². The van der Waals surface area contributed by atoms with Crippen molar-refractivity contribution < 1.29 is 18.9 Å². The number of hydrogen-bond acceptors (Lipinski definition) is 5. The van der Waals surface area contributed by atoms with E-state index in [1.54, 1.807) is 18.7 Å². The molecule has 0 saturated carbocycles. The van der Waals surface area contributed by atoms with E-state index in [-0.39, 0.29) is 30.8 Å². The molecule has 1 aromatic carbocycles. The van der Waals surface area contributed by atoms with Crippen molar-refractivity contribution >= 4 is 17.7 Å². The summed E-state index contributed by atoms with van der Waals surface area (Å²) in [4.78, 5) is 39.8. The van der Waals surface area contributed by atoms with Crippen LogP contribution in [-0.4, -0.2) is 47.4 Å². The summed E-state index contributed by atoms with van der Waals surface area (Å²) in [6, 6.07) is 9.16. The highest BCUT2D eigenvalue weighted by atomic mass is 16.5. The molecular formula is C22H28N4O4. The van der Waals surface area contributed by atoms with Crippen LogP contribution in [0.5, 0.6) is 0 Å². The third kappa shape index (κ3) is 5.25. The Morgan fingerprint density at radius 3 is 2.67 bits per heavy atom. The van der Waals surface area contributed by atoms with Crippen LogP contribution in [0.3, 0.4) is 0 Å². The number of benzene rings is 1. The fourth-order valence-electron chi connectivity index (χ4n) is 3.75. The lowest BCUT2D eigenvalue weighted by atomic mass is 10.00. The molecule has 1 saturated heterocycles. The van der Waals surface area contributed by atoms with Crippen LogP contribution in [0, 0.1) is 13.8 Å². The van der Waals surface area contributed by atoms with Crippen molar-refractivity contribution in [3.05, 3.63) is 52.9 Å². The molecule has 8 nitrogen and oxygen atoms in total. The molecule has 3 rings (SSSR count). The van der Waals surface area contributed by atoms with Crippen LogP contribution in [0.2, 0.25) is 0 Å². The second kappa shape index (κ2) is 10.0. The van der Waals surface area contributed by atoms with Gasteiger partial charge >= 0.3 is 0 Å². The first-order valence-electron chi connectivity index (χ1n) is 10.3. The maximum Gasteiger partial charge on any atom is 0.257 e. The molecule has 0 bridgehead atoms. The fraction of sp³-hybridized carbons (Fsp3) is 0.455. The molecule has 0 spiro atoms. The van der Waals surface area contributed by atoms with Gasteiger partial charge in [-0.3, -0.25) is 14.4 Å². The molecule has 0 radical (unpaired) electrons. The van der Waals surface area contributed by atoms with Gasteiger partial charge in [-0.1, -0.05) is 35.5 Å². The molecule has 30 heavy (non-hydrogen) atoms. The van der Waals surface area contributed by atoms with Crippen LogP contribution in [0.15, 0.2) is 34.9 Å². The molecule has 1 aliphatic rings. The normalized spacial score (nSPS) is 17.9. The van der Waals surface area contributed by atoms with Crippen LogP contribution in [0.4, 0.5) is 0 Å². The fourth-order valence-corrected chi connectivity index (χ4v) is 3.75. The smallest absolute Gasteiger partial charge is 0.257 e. The zero-order chi connectivity index (χ0) is 21.5. The van der Waals surface area contributed by atoms with Gasteiger partial charge in [-0.15, -0.1) is 0 Å². The molecule has 2 aromatic rings. The average molecular weight is 412 g/mol. The third-order valence-corrected chi connectivity index (χ3v) is 5.32. The zero-order valence-corrected chi connectivity index (χ0v) is 17.4. The van der Waals surface area contributed by atoms with Crippen molar-refractivity contribution in [1.29, 1.82) is 0 Å². The van der Waals surface area contributed by atoms with Gasteiger partial charge in [0.15, 0.2) is 0 Å². The Bertz CT molecular complexity index is 874. The lowest BCUT2D eigenvalue weighted by Crippen LogP contribution is -2.44. The third-order valence-electron chi connectivity index (χ3n) is 5.32. The first-order valence-corrected chi connectivity index (χ1v) is 10.3. The van der Waals surface area contributed by atoms with Crippen LogP contribution < -0.4 is 10.6 Å². The van der Waals surface area contributed by atoms with Gasteiger partial charge in [-0.25, -0.2) is 0 Å². The highest BCUT2D eigenvalue weighted by molar-refractivity contribution is 5.98. The minimum Gasteiger partial charge on any atom is -0.361 e. The quantitative estimate of drug-likeness (QED) is 0.802. The van der Waals surface area contributed by atoms with E-state index in [0.29, 0.717) is 30.1 Å². The molecule has 3 amide bonds. The first kappa shape index (κ1) is 21.5. The van der Waals surface area contributed by atoms with Crippen LogP contribution >= 0.6 is 0 Å². The Balaban J connectivity index is 1.77. The van der Waals surface area contributed by atoms with Crippen molar-refractivity contribution in [3.8, 4) is 0 Å². The summed E-state index contributed by atoms with van der Waals surface area (Å²) in [5.41, 5.74) is 1.73. The van der Waals surface area contributed by atoms with Gasteiger partial charge in [0.05, 0.1) is 24.7 Å². The maximum absolute atomic E-state index is 13.1. The second-order valence-electron chi connectivity index (χ2n) is 7.51. The van der Waals surface area contributed by atoms with Crippen LogP contribution in [0.25, 0.3) is 0 Å². The van der Waals surface area contributed by atoms with E-state index in [0.717, 1.165) is 24.8 Å². The highest BCUT2D eigenvalue weighted by Gasteiger charge is 2.28. The summed E-state index contributed by atoms with van der Waals surface area (Å²) < 4.78 is 5.03. The van der Waals surface area contributed by atoms with Crippen molar-refractivity contribution in [2.75, 3.05) is 19.6 Å². The number of aromatic nitrogens is 1. The molecule has 2 N–H and O–H groups in total. The summed E-state index contributed by atoms with van der Waals surface area (Å²) >= 11 is 0. The van der Waals surface area contributed by atoms with Crippen LogP contribution in [0.1, 0.15) is 59.1 Å². The summed E-state index contributed by atoms with van der Waals surface area (Å²) in [6.45, 7) is 4.37. The first-order chi connectivity index (χ1) is 14.5. The standard InChI is InChI=1S/C22H28N4O4/c1-15-21(16(2)30-25-15)22(29)24-14-20(28)26-12-8-4-7-11-23-19(27)13-18(26)17-9-5-3-6-10-17/h3,5-6,9-10,18H,4,7-8,11-14H2,1-2H3,(H,23,27)(H,24,29). The number of aryl methyl sites for hydroxylation is 2. The van der Waals surface area contributed by atoms with Crippen molar-refractivity contribution in [2.24, 2.45) is 0 Å². The van der Waals surface area contributed by atoms with Crippen molar-refractivity contribution in [3.63, 3.8) is 0 Å². The van der Waals surface area contributed by atoms with Crippen molar-refractivity contribution in [2.45, 2.75) is 45.6 Å². The number of carbonyl (C=O) groups is 3. The van der Waals surface area contributed by atoms with E-state index in [1.807, 2.05) is 30.3 Å². The Morgan fingerprint density at radius 1 is 1.20 bits per heavy atom. The lowest BCUT2D eigenvalue weighted by molar-refractivity contribution is -0.134. The molecule has 0 aliphatic carbocycles. The Kier molecular flexibility index (Phi) is 7.21. The highest BCUT2D eigenvalue weighted by Crippen LogP contribution is 2.26. The van der Waals surface area contributed by atoms with Gasteiger partial charge in [0, 0.05) is 13.1 Å². The zero-order valence-electron chi connectivity index (χ0n) is 17.4. The SMILES string of the molecule is Cc1noc(C)c1C(=O)NCC(=O)N1CCCCCNC(=O)CC1c1ccccc1. The maximum atomic E-state index is 13.1. The summed E-state index contributed by atoms with van der Waals surface area (Å²) in [5, 5.41) is 9.39. The van der Waals surface area contributed by atoms with Gasteiger partial charge in [-0.05, 0) is 38.7 Å². The minimum atomic E-state index is -0.394. The molecule has 1 aromatic heterocycles. The second-order valence-corrected chi connectivity index (χ2v) is 7.51. The molecule has 1 aliphatic heterocycles. The van der Waals surface area contributed by atoms with Gasteiger partial charge in [0.1, 0.15) is 11.3 Å². The Morgan fingerprint density at radius 2 is 1.97 bits per heavy atom. The molecule has 1 unspecified atom stereocenters. The number of nitrogens with one attached hydrogen (secondary N) is 2. The topological polar surface area (TPSA) is 105 Å². The number of hydrogen-bond donors (Lipinski definition) is 2. The van der Waals surface area contributed by atoms with E-state index < -0.39 is 5.91 Å². The number of rotatable bonds is 4. The largest absolute Gasteiger partial charge is 0.361 e. The molecule has 160 valence electrons.